The summed E-state index contributed by atoms with van der Waals surface area (Å²) in [7, 11) is 0. The van der Waals surface area contributed by atoms with Crippen molar-refractivity contribution in [2.24, 2.45) is 0 Å². The van der Waals surface area contributed by atoms with Gasteiger partial charge in [0.05, 0.1) is 23.1 Å². The van der Waals surface area contributed by atoms with Gasteiger partial charge in [0.25, 0.3) is 0 Å². The van der Waals surface area contributed by atoms with Crippen molar-refractivity contribution < 1.29 is 4.74 Å². The minimum Gasteiger partial charge on any atom is -0.494 e. The van der Waals surface area contributed by atoms with Gasteiger partial charge in [-0.1, -0.05) is 0 Å². The molecule has 0 aliphatic heterocycles. The first-order valence-electron chi connectivity index (χ1n) is 5.50. The van der Waals surface area contributed by atoms with Crippen LogP contribution in [0, 0.1) is 6.92 Å². The van der Waals surface area contributed by atoms with Crippen LogP contribution in [0.1, 0.15) is 17.6 Å². The summed E-state index contributed by atoms with van der Waals surface area (Å²) >= 11 is 7.44. The highest BCUT2D eigenvalue weighted by Gasteiger charge is 2.08. The van der Waals surface area contributed by atoms with E-state index in [1.165, 1.54) is 10.4 Å². The average Bonchev–Trinajstić information content (AvgIpc) is 2.72. The Balaban J connectivity index is 2.29. The molecule has 0 bridgehead atoms. The topological polar surface area (TPSA) is 22.1 Å². The van der Waals surface area contributed by atoms with Gasteiger partial charge in [0, 0.05) is 0 Å². The number of ether oxygens (including phenoxy) is 1. The standard InChI is InChI=1S/C13H14ClNOS/c1-3-16-11-6-4-10(5-7-11)13-9(2)15-12(8-14)17-13/h4-7H,3,8H2,1-2H3. The maximum Gasteiger partial charge on any atom is 0.119 e. The Kier molecular flexibility index (Phi) is 4.02. The van der Waals surface area contributed by atoms with Crippen molar-refractivity contribution in [3.63, 3.8) is 0 Å². The highest BCUT2D eigenvalue weighted by atomic mass is 35.5. The smallest absolute Gasteiger partial charge is 0.119 e. The van der Waals surface area contributed by atoms with E-state index in [4.69, 9.17) is 16.3 Å². The van der Waals surface area contributed by atoms with Crippen LogP contribution in [0.4, 0.5) is 0 Å². The first-order chi connectivity index (χ1) is 8.24. The molecule has 4 heteroatoms. The Hall–Kier alpha value is -1.06. The normalized spacial score (nSPS) is 10.5. The Bertz CT molecular complexity index is 493. The maximum absolute atomic E-state index is 5.79. The number of hydrogen-bond acceptors (Lipinski definition) is 3. The van der Waals surface area contributed by atoms with Gasteiger partial charge in [-0.05, 0) is 43.7 Å². The van der Waals surface area contributed by atoms with Gasteiger partial charge in [0.2, 0.25) is 0 Å². The van der Waals surface area contributed by atoms with Crippen molar-refractivity contribution >= 4 is 22.9 Å². The fraction of sp³-hybridized carbons (Fsp3) is 0.308. The number of aromatic nitrogens is 1. The zero-order valence-corrected chi connectivity index (χ0v) is 11.4. The lowest BCUT2D eigenvalue weighted by atomic mass is 10.1. The van der Waals surface area contributed by atoms with Crippen LogP contribution >= 0.6 is 22.9 Å². The largest absolute Gasteiger partial charge is 0.494 e. The van der Waals surface area contributed by atoms with E-state index in [0.29, 0.717) is 12.5 Å². The first kappa shape index (κ1) is 12.4. The molecule has 1 heterocycles. The second kappa shape index (κ2) is 5.52. The molecular weight excluding hydrogens is 254 g/mol. The third kappa shape index (κ3) is 2.79. The van der Waals surface area contributed by atoms with Gasteiger partial charge >= 0.3 is 0 Å². The molecule has 0 fully saturated rings. The molecule has 2 rings (SSSR count). The van der Waals surface area contributed by atoms with Gasteiger partial charge in [0.1, 0.15) is 10.8 Å². The predicted molar refractivity (Wildman–Crippen MR) is 73.0 cm³/mol. The number of halogens is 1. The Labute approximate surface area is 110 Å². The Morgan fingerprint density at radius 1 is 1.29 bits per heavy atom. The van der Waals surface area contributed by atoms with E-state index >= 15 is 0 Å². The van der Waals surface area contributed by atoms with Crippen LogP contribution in [-0.4, -0.2) is 11.6 Å². The molecule has 0 spiro atoms. The number of hydrogen-bond donors (Lipinski definition) is 0. The van der Waals surface area contributed by atoms with Crippen LogP contribution in [0.15, 0.2) is 24.3 Å². The molecule has 2 nitrogen and oxygen atoms in total. The van der Waals surface area contributed by atoms with Gasteiger partial charge in [0.15, 0.2) is 0 Å². The predicted octanol–water partition coefficient (Wildman–Crippen LogP) is 4.26. The summed E-state index contributed by atoms with van der Waals surface area (Å²) in [6.45, 7) is 4.68. The van der Waals surface area contributed by atoms with Crippen LogP contribution in [0.3, 0.4) is 0 Å². The van der Waals surface area contributed by atoms with Gasteiger partial charge in [-0.25, -0.2) is 4.98 Å². The molecule has 0 aliphatic carbocycles. The number of alkyl halides is 1. The molecule has 1 aromatic heterocycles. The van der Waals surface area contributed by atoms with E-state index in [2.05, 4.69) is 17.1 Å². The molecule has 0 aliphatic rings. The van der Waals surface area contributed by atoms with Gasteiger partial charge in [-0.3, -0.25) is 0 Å². The van der Waals surface area contributed by atoms with E-state index in [0.717, 1.165) is 16.5 Å². The zero-order valence-electron chi connectivity index (χ0n) is 9.87. The molecule has 90 valence electrons. The van der Waals surface area contributed by atoms with E-state index in [-0.39, 0.29) is 0 Å². The number of aryl methyl sites for hydroxylation is 1. The average molecular weight is 268 g/mol. The van der Waals surface area contributed by atoms with Gasteiger partial charge in [-0.2, -0.15) is 0 Å². The quantitative estimate of drug-likeness (QED) is 0.773. The fourth-order valence-corrected chi connectivity index (χ4v) is 2.79. The van der Waals surface area contributed by atoms with Crippen LogP contribution in [0.5, 0.6) is 5.75 Å². The van der Waals surface area contributed by atoms with Crippen molar-refractivity contribution in [2.45, 2.75) is 19.7 Å². The molecule has 0 radical (unpaired) electrons. The summed E-state index contributed by atoms with van der Waals surface area (Å²) in [4.78, 5) is 5.60. The van der Waals surface area contributed by atoms with E-state index in [9.17, 15) is 0 Å². The summed E-state index contributed by atoms with van der Waals surface area (Å²) < 4.78 is 5.42. The Morgan fingerprint density at radius 2 is 2.00 bits per heavy atom. The zero-order chi connectivity index (χ0) is 12.3. The second-order valence-corrected chi connectivity index (χ2v) is 4.96. The molecule has 0 unspecified atom stereocenters. The molecule has 17 heavy (non-hydrogen) atoms. The van der Waals surface area contributed by atoms with Crippen molar-refractivity contribution in [3.05, 3.63) is 35.0 Å². The molecule has 0 N–H and O–H groups in total. The van der Waals surface area contributed by atoms with Gasteiger partial charge < -0.3 is 4.74 Å². The number of thiazole rings is 1. The van der Waals surface area contributed by atoms with Crippen molar-refractivity contribution in [1.82, 2.24) is 4.98 Å². The summed E-state index contributed by atoms with van der Waals surface area (Å²) in [6, 6.07) is 8.09. The van der Waals surface area contributed by atoms with Crippen molar-refractivity contribution in [1.29, 1.82) is 0 Å². The lowest BCUT2D eigenvalue weighted by Crippen LogP contribution is -1.90. The number of nitrogens with zero attached hydrogens (tertiary/aromatic N) is 1. The van der Waals surface area contributed by atoms with Crippen LogP contribution in [0.25, 0.3) is 10.4 Å². The summed E-state index contributed by atoms with van der Waals surface area (Å²) in [5.41, 5.74) is 2.20. The number of benzene rings is 1. The lowest BCUT2D eigenvalue weighted by Gasteiger charge is -2.03. The molecule has 2 aromatic rings. The van der Waals surface area contributed by atoms with Gasteiger partial charge in [-0.15, -0.1) is 22.9 Å². The van der Waals surface area contributed by atoms with Crippen molar-refractivity contribution in [2.75, 3.05) is 6.61 Å². The van der Waals surface area contributed by atoms with Crippen LogP contribution < -0.4 is 4.74 Å². The highest BCUT2D eigenvalue weighted by Crippen LogP contribution is 2.31. The van der Waals surface area contributed by atoms with Crippen LogP contribution in [0.2, 0.25) is 0 Å². The lowest BCUT2D eigenvalue weighted by molar-refractivity contribution is 0.340. The minimum absolute atomic E-state index is 0.475. The fourth-order valence-electron chi connectivity index (χ4n) is 1.65. The second-order valence-electron chi connectivity index (χ2n) is 3.61. The Morgan fingerprint density at radius 3 is 2.53 bits per heavy atom. The monoisotopic (exact) mass is 267 g/mol. The van der Waals surface area contributed by atoms with Crippen molar-refractivity contribution in [3.8, 4) is 16.2 Å². The summed E-state index contributed by atoms with van der Waals surface area (Å²) in [5.74, 6) is 1.37. The minimum atomic E-state index is 0.475. The maximum atomic E-state index is 5.79. The third-order valence-electron chi connectivity index (χ3n) is 2.38. The van der Waals surface area contributed by atoms with E-state index in [1.54, 1.807) is 11.3 Å². The molecule has 0 saturated carbocycles. The molecule has 0 amide bonds. The third-order valence-corrected chi connectivity index (χ3v) is 4.00. The summed E-state index contributed by atoms with van der Waals surface area (Å²) in [5, 5.41) is 0.966. The first-order valence-corrected chi connectivity index (χ1v) is 6.85. The highest BCUT2D eigenvalue weighted by molar-refractivity contribution is 7.15. The van der Waals surface area contributed by atoms with Crippen LogP contribution in [-0.2, 0) is 5.88 Å². The molecule has 0 atom stereocenters. The van der Waals surface area contributed by atoms with E-state index in [1.807, 2.05) is 26.0 Å². The molecular formula is C13H14ClNOS. The molecule has 0 saturated heterocycles. The number of rotatable bonds is 4. The van der Waals surface area contributed by atoms with E-state index < -0.39 is 0 Å². The molecule has 1 aromatic carbocycles. The summed E-state index contributed by atoms with van der Waals surface area (Å²) in [6.07, 6.45) is 0. The SMILES string of the molecule is CCOc1ccc(-c2sc(CCl)nc2C)cc1.